The molecular formula is C15H16N2O2S. The molecule has 0 atom stereocenters. The van der Waals surface area contributed by atoms with E-state index in [2.05, 4.69) is 12.2 Å². The predicted octanol–water partition coefficient (Wildman–Crippen LogP) is 2.97. The van der Waals surface area contributed by atoms with Gasteiger partial charge in [-0.2, -0.15) is 0 Å². The molecule has 1 heterocycles. The normalized spacial score (nSPS) is 10.3. The average Bonchev–Trinajstić information content (AvgIpc) is 2.80. The zero-order valence-corrected chi connectivity index (χ0v) is 12.2. The third-order valence-electron chi connectivity index (χ3n) is 3.07. The van der Waals surface area contributed by atoms with E-state index in [1.165, 1.54) is 16.9 Å². The van der Waals surface area contributed by atoms with Crippen molar-refractivity contribution in [2.75, 3.05) is 5.32 Å². The highest BCUT2D eigenvalue weighted by molar-refractivity contribution is 7.14. The molecule has 2 rings (SSSR count). The Morgan fingerprint density at radius 3 is 2.60 bits per heavy atom. The molecule has 2 amide bonds. The van der Waals surface area contributed by atoms with E-state index in [0.717, 1.165) is 11.3 Å². The van der Waals surface area contributed by atoms with Gasteiger partial charge in [0, 0.05) is 4.88 Å². The number of nitrogens with one attached hydrogen (secondary N) is 1. The highest BCUT2D eigenvalue weighted by Gasteiger charge is 2.14. The molecule has 0 unspecified atom stereocenters. The Hall–Kier alpha value is -2.14. The van der Waals surface area contributed by atoms with Crippen molar-refractivity contribution in [2.24, 2.45) is 5.73 Å². The van der Waals surface area contributed by atoms with Crippen molar-refractivity contribution >= 4 is 28.8 Å². The SMILES string of the molecule is CCc1cc(C(=O)Nc2ccccc2C(N)=O)sc1C. The number of nitrogens with two attached hydrogens (primary N) is 1. The van der Waals surface area contributed by atoms with Crippen LogP contribution in [0.5, 0.6) is 0 Å². The Morgan fingerprint density at radius 1 is 1.30 bits per heavy atom. The molecule has 1 aromatic carbocycles. The van der Waals surface area contributed by atoms with Gasteiger partial charge < -0.3 is 11.1 Å². The summed E-state index contributed by atoms with van der Waals surface area (Å²) in [6, 6.07) is 8.61. The van der Waals surface area contributed by atoms with Crippen LogP contribution in [0.3, 0.4) is 0 Å². The molecule has 5 heteroatoms. The molecule has 0 aliphatic rings. The fourth-order valence-electron chi connectivity index (χ4n) is 1.97. The second-order valence-corrected chi connectivity index (χ2v) is 5.67. The first kappa shape index (κ1) is 14.3. The molecule has 0 bridgehead atoms. The minimum absolute atomic E-state index is 0.216. The lowest BCUT2D eigenvalue weighted by atomic mass is 10.1. The number of hydrogen-bond acceptors (Lipinski definition) is 3. The number of rotatable bonds is 4. The minimum Gasteiger partial charge on any atom is -0.366 e. The third-order valence-corrected chi connectivity index (χ3v) is 4.16. The van der Waals surface area contributed by atoms with Crippen LogP contribution in [0.15, 0.2) is 30.3 Å². The van der Waals surface area contributed by atoms with Gasteiger partial charge in [-0.15, -0.1) is 11.3 Å². The average molecular weight is 288 g/mol. The number of aryl methyl sites for hydroxylation is 2. The van der Waals surface area contributed by atoms with Crippen molar-refractivity contribution in [3.8, 4) is 0 Å². The van der Waals surface area contributed by atoms with Gasteiger partial charge in [0.2, 0.25) is 0 Å². The van der Waals surface area contributed by atoms with Crippen molar-refractivity contribution < 1.29 is 9.59 Å². The van der Waals surface area contributed by atoms with Crippen LogP contribution in [0.25, 0.3) is 0 Å². The maximum absolute atomic E-state index is 12.2. The lowest BCUT2D eigenvalue weighted by molar-refractivity contribution is 0.100. The Labute approximate surface area is 121 Å². The number of carbonyl (C=O) groups is 2. The van der Waals surface area contributed by atoms with Gasteiger partial charge in [-0.1, -0.05) is 19.1 Å². The van der Waals surface area contributed by atoms with Crippen molar-refractivity contribution in [2.45, 2.75) is 20.3 Å². The first-order valence-electron chi connectivity index (χ1n) is 6.32. The molecule has 0 fully saturated rings. The monoisotopic (exact) mass is 288 g/mol. The lowest BCUT2D eigenvalue weighted by Gasteiger charge is -2.07. The minimum atomic E-state index is -0.558. The number of benzene rings is 1. The number of carbonyl (C=O) groups excluding carboxylic acids is 2. The van der Waals surface area contributed by atoms with E-state index in [-0.39, 0.29) is 5.91 Å². The van der Waals surface area contributed by atoms with Gasteiger partial charge in [0.05, 0.1) is 16.1 Å². The molecule has 0 saturated carbocycles. The molecule has 0 spiro atoms. The second-order valence-electron chi connectivity index (χ2n) is 4.41. The van der Waals surface area contributed by atoms with E-state index in [1.54, 1.807) is 24.3 Å². The van der Waals surface area contributed by atoms with Gasteiger partial charge in [-0.3, -0.25) is 9.59 Å². The second kappa shape index (κ2) is 5.88. The van der Waals surface area contributed by atoms with Crippen molar-refractivity contribution in [3.05, 3.63) is 51.2 Å². The molecule has 4 nitrogen and oxygen atoms in total. The maximum atomic E-state index is 12.2. The van der Waals surface area contributed by atoms with Crippen LogP contribution < -0.4 is 11.1 Å². The van der Waals surface area contributed by atoms with E-state index in [0.29, 0.717) is 16.1 Å². The Bertz CT molecular complexity index is 662. The number of para-hydroxylation sites is 1. The van der Waals surface area contributed by atoms with Gasteiger partial charge in [-0.25, -0.2) is 0 Å². The Kier molecular flexibility index (Phi) is 4.20. The summed E-state index contributed by atoms with van der Waals surface area (Å²) in [4.78, 5) is 25.3. The van der Waals surface area contributed by atoms with Gasteiger partial charge in [0.15, 0.2) is 0 Å². The lowest BCUT2D eigenvalue weighted by Crippen LogP contribution is -2.17. The Morgan fingerprint density at radius 2 is 2.00 bits per heavy atom. The van der Waals surface area contributed by atoms with Crippen LogP contribution >= 0.6 is 11.3 Å². The van der Waals surface area contributed by atoms with Gasteiger partial charge in [-0.05, 0) is 37.1 Å². The Balaban J connectivity index is 2.25. The summed E-state index contributed by atoms with van der Waals surface area (Å²) in [7, 11) is 0. The summed E-state index contributed by atoms with van der Waals surface area (Å²) in [6.45, 7) is 4.05. The highest BCUT2D eigenvalue weighted by atomic mass is 32.1. The zero-order chi connectivity index (χ0) is 14.7. The molecule has 2 aromatic rings. The summed E-state index contributed by atoms with van der Waals surface area (Å²) < 4.78 is 0. The first-order chi connectivity index (χ1) is 9.52. The third kappa shape index (κ3) is 2.88. The summed E-state index contributed by atoms with van der Waals surface area (Å²) in [6.07, 6.45) is 0.896. The number of thiophene rings is 1. The van der Waals surface area contributed by atoms with Gasteiger partial charge in [0.1, 0.15) is 0 Å². The first-order valence-corrected chi connectivity index (χ1v) is 7.14. The van der Waals surface area contributed by atoms with Crippen LogP contribution in [-0.2, 0) is 6.42 Å². The molecule has 0 aliphatic carbocycles. The largest absolute Gasteiger partial charge is 0.366 e. The van der Waals surface area contributed by atoms with Crippen LogP contribution in [0.1, 0.15) is 37.4 Å². The summed E-state index contributed by atoms with van der Waals surface area (Å²) >= 11 is 1.45. The quantitative estimate of drug-likeness (QED) is 0.907. The highest BCUT2D eigenvalue weighted by Crippen LogP contribution is 2.23. The van der Waals surface area contributed by atoms with Crippen molar-refractivity contribution in [3.63, 3.8) is 0 Å². The van der Waals surface area contributed by atoms with E-state index < -0.39 is 5.91 Å². The van der Waals surface area contributed by atoms with Crippen LogP contribution in [0.2, 0.25) is 0 Å². The molecule has 0 radical (unpaired) electrons. The molecule has 3 N–H and O–H groups in total. The zero-order valence-electron chi connectivity index (χ0n) is 11.4. The number of amides is 2. The number of hydrogen-bond donors (Lipinski definition) is 2. The number of anilines is 1. The molecule has 0 saturated heterocycles. The van der Waals surface area contributed by atoms with E-state index >= 15 is 0 Å². The molecule has 1 aromatic heterocycles. The molecular weight excluding hydrogens is 272 g/mol. The predicted molar refractivity (Wildman–Crippen MR) is 81.3 cm³/mol. The topological polar surface area (TPSA) is 72.2 Å². The van der Waals surface area contributed by atoms with Crippen LogP contribution in [0, 0.1) is 6.92 Å². The van der Waals surface area contributed by atoms with Crippen molar-refractivity contribution in [1.29, 1.82) is 0 Å². The summed E-state index contributed by atoms with van der Waals surface area (Å²) in [5, 5.41) is 2.74. The van der Waals surface area contributed by atoms with Crippen LogP contribution in [-0.4, -0.2) is 11.8 Å². The molecule has 0 aliphatic heterocycles. The van der Waals surface area contributed by atoms with Gasteiger partial charge in [0.25, 0.3) is 11.8 Å². The van der Waals surface area contributed by atoms with E-state index in [9.17, 15) is 9.59 Å². The summed E-state index contributed by atoms with van der Waals surface area (Å²) in [5.41, 5.74) is 7.21. The van der Waals surface area contributed by atoms with Crippen LogP contribution in [0.4, 0.5) is 5.69 Å². The maximum Gasteiger partial charge on any atom is 0.265 e. The fraction of sp³-hybridized carbons (Fsp3) is 0.200. The van der Waals surface area contributed by atoms with E-state index in [4.69, 9.17) is 5.73 Å². The standard InChI is InChI=1S/C15H16N2O2S/c1-3-10-8-13(20-9(10)2)15(19)17-12-7-5-4-6-11(12)14(16)18/h4-8H,3H2,1-2H3,(H2,16,18)(H,17,19). The van der Waals surface area contributed by atoms with Gasteiger partial charge >= 0.3 is 0 Å². The fourth-order valence-corrected chi connectivity index (χ4v) is 2.98. The van der Waals surface area contributed by atoms with Crippen molar-refractivity contribution in [1.82, 2.24) is 0 Å². The molecule has 20 heavy (non-hydrogen) atoms. The molecule has 104 valence electrons. The van der Waals surface area contributed by atoms with E-state index in [1.807, 2.05) is 13.0 Å². The number of primary amides is 1. The smallest absolute Gasteiger partial charge is 0.265 e. The summed E-state index contributed by atoms with van der Waals surface area (Å²) in [5.74, 6) is -0.774.